The highest BCUT2D eigenvalue weighted by molar-refractivity contribution is 5.97. The molecule has 1 aliphatic heterocycles. The number of amides is 2. The van der Waals surface area contributed by atoms with Crippen molar-refractivity contribution in [3.8, 4) is 11.5 Å². The topological polar surface area (TPSA) is 67.9 Å². The molecule has 0 bridgehead atoms. The lowest BCUT2D eigenvalue weighted by atomic mass is 10.2. The predicted molar refractivity (Wildman–Crippen MR) is 93.6 cm³/mol. The summed E-state index contributed by atoms with van der Waals surface area (Å²) >= 11 is 0. The van der Waals surface area contributed by atoms with E-state index >= 15 is 0 Å². The predicted octanol–water partition coefficient (Wildman–Crippen LogP) is 2.39. The van der Waals surface area contributed by atoms with Crippen LogP contribution in [0.1, 0.15) is 18.1 Å². The van der Waals surface area contributed by atoms with Gasteiger partial charge in [0.15, 0.2) is 11.5 Å². The summed E-state index contributed by atoms with van der Waals surface area (Å²) in [6.45, 7) is 3.95. The zero-order valence-corrected chi connectivity index (χ0v) is 14.2. The number of ether oxygens (including phenoxy) is 2. The molecule has 1 aliphatic rings. The third kappa shape index (κ3) is 4.09. The van der Waals surface area contributed by atoms with Crippen LogP contribution in [0.25, 0.3) is 0 Å². The SMILES string of the molecule is CC(=O)N(CC(=O)NCc1ccc2c(c1)OCO2)c1cccc(C)c1. The van der Waals surface area contributed by atoms with Gasteiger partial charge in [-0.25, -0.2) is 0 Å². The Bertz CT molecular complexity index is 804. The summed E-state index contributed by atoms with van der Waals surface area (Å²) in [5.41, 5.74) is 2.65. The number of rotatable bonds is 5. The van der Waals surface area contributed by atoms with E-state index in [0.29, 0.717) is 23.7 Å². The first kappa shape index (κ1) is 16.8. The summed E-state index contributed by atoms with van der Waals surface area (Å²) in [6.07, 6.45) is 0. The quantitative estimate of drug-likeness (QED) is 0.907. The number of hydrogen-bond acceptors (Lipinski definition) is 4. The molecule has 6 heteroatoms. The van der Waals surface area contributed by atoms with Crippen molar-refractivity contribution in [2.24, 2.45) is 0 Å². The average molecular weight is 340 g/mol. The lowest BCUT2D eigenvalue weighted by molar-refractivity contribution is -0.123. The van der Waals surface area contributed by atoms with Gasteiger partial charge in [0.05, 0.1) is 0 Å². The summed E-state index contributed by atoms with van der Waals surface area (Å²) in [7, 11) is 0. The van der Waals surface area contributed by atoms with E-state index in [2.05, 4.69) is 5.32 Å². The molecule has 1 heterocycles. The second kappa shape index (κ2) is 7.25. The number of aryl methyl sites for hydroxylation is 1. The largest absolute Gasteiger partial charge is 0.454 e. The molecule has 6 nitrogen and oxygen atoms in total. The molecule has 0 radical (unpaired) electrons. The molecule has 0 aromatic heterocycles. The Balaban J connectivity index is 1.61. The van der Waals surface area contributed by atoms with Gasteiger partial charge in [-0.3, -0.25) is 9.59 Å². The van der Waals surface area contributed by atoms with E-state index in [1.165, 1.54) is 11.8 Å². The first-order valence-corrected chi connectivity index (χ1v) is 8.03. The molecule has 0 fully saturated rings. The van der Waals surface area contributed by atoms with Gasteiger partial charge >= 0.3 is 0 Å². The van der Waals surface area contributed by atoms with Crippen molar-refractivity contribution in [1.29, 1.82) is 0 Å². The first-order valence-electron chi connectivity index (χ1n) is 8.03. The number of hydrogen-bond donors (Lipinski definition) is 1. The minimum atomic E-state index is -0.227. The Labute approximate surface area is 146 Å². The van der Waals surface area contributed by atoms with Crippen molar-refractivity contribution in [1.82, 2.24) is 5.32 Å². The molecule has 2 aromatic carbocycles. The molecule has 2 aromatic rings. The van der Waals surface area contributed by atoms with Crippen molar-refractivity contribution in [3.05, 3.63) is 53.6 Å². The van der Waals surface area contributed by atoms with Crippen LogP contribution in [0.4, 0.5) is 5.69 Å². The van der Waals surface area contributed by atoms with Crippen molar-refractivity contribution in [3.63, 3.8) is 0 Å². The summed E-state index contributed by atoms with van der Waals surface area (Å²) in [5.74, 6) is 0.979. The second-order valence-corrected chi connectivity index (χ2v) is 5.91. The molecular formula is C19H20N2O4. The third-order valence-electron chi connectivity index (χ3n) is 3.92. The number of carbonyl (C=O) groups is 2. The maximum Gasteiger partial charge on any atom is 0.240 e. The number of nitrogens with zero attached hydrogens (tertiary/aromatic N) is 1. The molecule has 0 saturated carbocycles. The van der Waals surface area contributed by atoms with E-state index in [9.17, 15) is 9.59 Å². The van der Waals surface area contributed by atoms with Crippen LogP contribution in [0.5, 0.6) is 11.5 Å². The number of anilines is 1. The van der Waals surface area contributed by atoms with Crippen LogP contribution in [0.2, 0.25) is 0 Å². The maximum atomic E-state index is 12.3. The summed E-state index contributed by atoms with van der Waals surface area (Å²) in [5, 5.41) is 2.83. The second-order valence-electron chi connectivity index (χ2n) is 5.91. The van der Waals surface area contributed by atoms with Crippen LogP contribution in [-0.2, 0) is 16.1 Å². The van der Waals surface area contributed by atoms with Crippen LogP contribution in [0.3, 0.4) is 0 Å². The Morgan fingerprint density at radius 1 is 1.12 bits per heavy atom. The summed E-state index contributed by atoms with van der Waals surface area (Å²) in [6, 6.07) is 13.0. The molecule has 0 saturated heterocycles. The van der Waals surface area contributed by atoms with E-state index < -0.39 is 0 Å². The van der Waals surface area contributed by atoms with Gasteiger partial charge in [0.1, 0.15) is 6.54 Å². The van der Waals surface area contributed by atoms with E-state index in [1.807, 2.05) is 49.4 Å². The minimum absolute atomic E-state index is 0.0245. The Morgan fingerprint density at radius 3 is 2.68 bits per heavy atom. The van der Waals surface area contributed by atoms with Gasteiger partial charge in [0.2, 0.25) is 18.6 Å². The number of benzene rings is 2. The molecule has 2 amide bonds. The van der Waals surface area contributed by atoms with Crippen molar-refractivity contribution >= 4 is 17.5 Å². The molecule has 1 N–H and O–H groups in total. The number of fused-ring (bicyclic) bond motifs is 1. The maximum absolute atomic E-state index is 12.3. The van der Waals surface area contributed by atoms with E-state index in [0.717, 1.165) is 11.1 Å². The zero-order chi connectivity index (χ0) is 17.8. The van der Waals surface area contributed by atoms with E-state index in [-0.39, 0.29) is 25.2 Å². The van der Waals surface area contributed by atoms with E-state index in [1.54, 1.807) is 0 Å². The smallest absolute Gasteiger partial charge is 0.240 e. The van der Waals surface area contributed by atoms with Gasteiger partial charge in [0, 0.05) is 19.2 Å². The van der Waals surface area contributed by atoms with Gasteiger partial charge in [0.25, 0.3) is 0 Å². The molecule has 0 atom stereocenters. The lowest BCUT2D eigenvalue weighted by Crippen LogP contribution is -2.39. The van der Waals surface area contributed by atoms with Gasteiger partial charge < -0.3 is 19.7 Å². The van der Waals surface area contributed by atoms with Crippen molar-refractivity contribution < 1.29 is 19.1 Å². The average Bonchev–Trinajstić information content (AvgIpc) is 3.05. The standard InChI is InChI=1S/C19H20N2O4/c1-13-4-3-5-16(8-13)21(14(2)22)11-19(23)20-10-15-6-7-17-18(9-15)25-12-24-17/h3-9H,10-12H2,1-2H3,(H,20,23). The fourth-order valence-electron chi connectivity index (χ4n) is 2.63. The van der Waals surface area contributed by atoms with Crippen molar-refractivity contribution in [2.45, 2.75) is 20.4 Å². The van der Waals surface area contributed by atoms with Crippen LogP contribution in [0, 0.1) is 6.92 Å². The van der Waals surface area contributed by atoms with Gasteiger partial charge in [-0.15, -0.1) is 0 Å². The lowest BCUT2D eigenvalue weighted by Gasteiger charge is -2.21. The fourth-order valence-corrected chi connectivity index (χ4v) is 2.63. The van der Waals surface area contributed by atoms with Gasteiger partial charge in [-0.05, 0) is 42.3 Å². The van der Waals surface area contributed by atoms with Crippen LogP contribution in [0.15, 0.2) is 42.5 Å². The monoisotopic (exact) mass is 340 g/mol. The van der Waals surface area contributed by atoms with Crippen LogP contribution in [-0.4, -0.2) is 25.2 Å². The molecule has 3 rings (SSSR count). The molecule has 25 heavy (non-hydrogen) atoms. The number of carbonyl (C=O) groups excluding carboxylic acids is 2. The van der Waals surface area contributed by atoms with Gasteiger partial charge in [-0.2, -0.15) is 0 Å². The molecular weight excluding hydrogens is 320 g/mol. The molecule has 0 aliphatic carbocycles. The molecule has 0 unspecified atom stereocenters. The zero-order valence-electron chi connectivity index (χ0n) is 14.2. The highest BCUT2D eigenvalue weighted by Gasteiger charge is 2.17. The first-order chi connectivity index (χ1) is 12.0. The molecule has 0 spiro atoms. The Hall–Kier alpha value is -3.02. The Morgan fingerprint density at radius 2 is 1.92 bits per heavy atom. The summed E-state index contributed by atoms with van der Waals surface area (Å²) in [4.78, 5) is 25.6. The normalized spacial score (nSPS) is 11.9. The van der Waals surface area contributed by atoms with E-state index in [4.69, 9.17) is 9.47 Å². The Kier molecular flexibility index (Phi) is 4.88. The van der Waals surface area contributed by atoms with Crippen molar-refractivity contribution in [2.75, 3.05) is 18.2 Å². The third-order valence-corrected chi connectivity index (χ3v) is 3.92. The highest BCUT2D eigenvalue weighted by atomic mass is 16.7. The van der Waals surface area contributed by atoms with Gasteiger partial charge in [-0.1, -0.05) is 18.2 Å². The molecule has 130 valence electrons. The minimum Gasteiger partial charge on any atom is -0.454 e. The fraction of sp³-hybridized carbons (Fsp3) is 0.263. The number of nitrogens with one attached hydrogen (secondary N) is 1. The summed E-state index contributed by atoms with van der Waals surface area (Å²) < 4.78 is 10.6. The highest BCUT2D eigenvalue weighted by Crippen LogP contribution is 2.32. The van der Waals surface area contributed by atoms with Crippen LogP contribution >= 0.6 is 0 Å². The van der Waals surface area contributed by atoms with Crippen LogP contribution < -0.4 is 19.7 Å².